The van der Waals surface area contributed by atoms with Gasteiger partial charge in [-0.2, -0.15) is 0 Å². The topological polar surface area (TPSA) is 129 Å². The summed E-state index contributed by atoms with van der Waals surface area (Å²) in [5.41, 5.74) is -1.65. The zero-order valence-electron chi connectivity index (χ0n) is 16.9. The van der Waals surface area contributed by atoms with E-state index in [2.05, 4.69) is 0 Å². The minimum absolute atomic E-state index is 0.172. The Labute approximate surface area is 161 Å². The van der Waals surface area contributed by atoms with Crippen molar-refractivity contribution in [1.82, 2.24) is 0 Å². The molecule has 0 aliphatic rings. The molecule has 3 N–H and O–H groups in total. The second-order valence-corrected chi connectivity index (χ2v) is 8.54. The Morgan fingerprint density at radius 3 is 1.56 bits per heavy atom. The molecule has 7 heteroatoms. The van der Waals surface area contributed by atoms with Crippen LogP contribution in [0.5, 0.6) is 0 Å². The highest BCUT2D eigenvalue weighted by Gasteiger charge is 2.29. The molecule has 156 valence electrons. The quantitative estimate of drug-likeness (QED) is 0.287. The summed E-state index contributed by atoms with van der Waals surface area (Å²) in [5, 5.41) is 27.4. The van der Waals surface area contributed by atoms with E-state index >= 15 is 0 Å². The van der Waals surface area contributed by atoms with Gasteiger partial charge in [0.05, 0.1) is 10.8 Å². The van der Waals surface area contributed by atoms with Gasteiger partial charge in [-0.15, -0.1) is 0 Å². The van der Waals surface area contributed by atoms with Gasteiger partial charge < -0.3 is 15.3 Å². The molecule has 0 saturated heterocycles. The highest BCUT2D eigenvalue weighted by Crippen LogP contribution is 2.26. The summed E-state index contributed by atoms with van der Waals surface area (Å²) in [6.07, 6.45) is 4.29. The number of Topliss-reactive ketones (excluding diaryl/α,β-unsaturated/α-hetero) is 1. The summed E-state index contributed by atoms with van der Waals surface area (Å²) >= 11 is 0. The molecule has 0 aliphatic heterocycles. The van der Waals surface area contributed by atoms with E-state index in [-0.39, 0.29) is 18.6 Å². The van der Waals surface area contributed by atoms with Crippen molar-refractivity contribution in [1.29, 1.82) is 0 Å². The first kappa shape index (κ1) is 25.1. The fourth-order valence-corrected chi connectivity index (χ4v) is 2.77. The van der Waals surface area contributed by atoms with E-state index in [0.717, 1.165) is 0 Å². The third-order valence-corrected chi connectivity index (χ3v) is 5.11. The summed E-state index contributed by atoms with van der Waals surface area (Å²) < 4.78 is 0. The van der Waals surface area contributed by atoms with E-state index in [4.69, 9.17) is 10.2 Å². The van der Waals surface area contributed by atoms with Gasteiger partial charge >= 0.3 is 17.9 Å². The molecule has 0 aromatic carbocycles. The number of carboxylic acid groups (broad SMARTS) is 3. The third kappa shape index (κ3) is 9.54. The van der Waals surface area contributed by atoms with E-state index in [1.807, 2.05) is 0 Å². The molecule has 0 saturated carbocycles. The van der Waals surface area contributed by atoms with Gasteiger partial charge in [0.15, 0.2) is 0 Å². The van der Waals surface area contributed by atoms with Crippen LogP contribution in [0.2, 0.25) is 0 Å². The molecular formula is C20H34O7. The van der Waals surface area contributed by atoms with Crippen LogP contribution in [0.3, 0.4) is 0 Å². The molecule has 0 rings (SSSR count). The van der Waals surface area contributed by atoms with Crippen LogP contribution in [0.15, 0.2) is 0 Å². The molecule has 7 nitrogen and oxygen atoms in total. The fourth-order valence-electron chi connectivity index (χ4n) is 2.77. The summed E-state index contributed by atoms with van der Waals surface area (Å²) in [4.78, 5) is 45.6. The van der Waals surface area contributed by atoms with Crippen LogP contribution in [-0.2, 0) is 19.2 Å². The maximum Gasteiger partial charge on any atom is 0.314 e. The van der Waals surface area contributed by atoms with Crippen molar-refractivity contribution in [3.8, 4) is 0 Å². The number of aliphatic carboxylic acids is 3. The largest absolute Gasteiger partial charge is 0.481 e. The average molecular weight is 386 g/mol. The van der Waals surface area contributed by atoms with E-state index < -0.39 is 34.7 Å². The van der Waals surface area contributed by atoms with Crippen molar-refractivity contribution >= 4 is 23.7 Å². The van der Waals surface area contributed by atoms with E-state index in [1.54, 1.807) is 27.7 Å². The van der Waals surface area contributed by atoms with Crippen molar-refractivity contribution in [3.63, 3.8) is 0 Å². The SMILES string of the molecule is CC(C)(CCCCCC(=O)C(CCCCC(C)(C)C(=O)O)C(=O)O)C(=O)O. The van der Waals surface area contributed by atoms with Gasteiger partial charge in [-0.25, -0.2) is 0 Å². The molecule has 0 spiro atoms. The number of unbranched alkanes of at least 4 members (excludes halogenated alkanes) is 3. The Hall–Kier alpha value is -1.92. The minimum Gasteiger partial charge on any atom is -0.481 e. The molecule has 0 heterocycles. The first-order chi connectivity index (χ1) is 12.3. The molecule has 0 aromatic rings. The Kier molecular flexibility index (Phi) is 10.3. The first-order valence-corrected chi connectivity index (χ1v) is 9.53. The molecule has 0 aliphatic carbocycles. The summed E-state index contributed by atoms with van der Waals surface area (Å²) in [6, 6.07) is 0. The number of rotatable bonds is 15. The summed E-state index contributed by atoms with van der Waals surface area (Å²) in [6.45, 7) is 6.57. The summed E-state index contributed by atoms with van der Waals surface area (Å²) in [7, 11) is 0. The molecule has 0 amide bonds. The van der Waals surface area contributed by atoms with Gasteiger partial charge in [0.1, 0.15) is 11.7 Å². The zero-order chi connectivity index (χ0) is 21.3. The zero-order valence-corrected chi connectivity index (χ0v) is 16.9. The number of carbonyl (C=O) groups excluding carboxylic acids is 1. The Balaban J connectivity index is 4.24. The molecule has 0 radical (unpaired) electrons. The van der Waals surface area contributed by atoms with Crippen LogP contribution in [0, 0.1) is 16.7 Å². The normalized spacial score (nSPS) is 13.2. The fraction of sp³-hybridized carbons (Fsp3) is 0.800. The molecule has 27 heavy (non-hydrogen) atoms. The molecule has 0 fully saturated rings. The molecule has 1 atom stereocenters. The predicted octanol–water partition coefficient (Wildman–Crippen LogP) is 3.99. The van der Waals surface area contributed by atoms with E-state index in [9.17, 15) is 24.3 Å². The van der Waals surface area contributed by atoms with Gasteiger partial charge in [0.2, 0.25) is 0 Å². The highest BCUT2D eigenvalue weighted by molar-refractivity contribution is 5.98. The lowest BCUT2D eigenvalue weighted by Crippen LogP contribution is -2.25. The van der Waals surface area contributed by atoms with Gasteiger partial charge in [0.25, 0.3) is 0 Å². The second kappa shape index (κ2) is 11.0. The lowest BCUT2D eigenvalue weighted by molar-refractivity contribution is -0.148. The second-order valence-electron chi connectivity index (χ2n) is 8.54. The van der Waals surface area contributed by atoms with Crippen LogP contribution in [0.1, 0.15) is 85.5 Å². The van der Waals surface area contributed by atoms with Crippen LogP contribution in [-0.4, -0.2) is 39.0 Å². The van der Waals surface area contributed by atoms with Gasteiger partial charge in [0, 0.05) is 6.42 Å². The standard InChI is InChI=1S/C20H34O7/c1-19(2,17(24)25)12-8-5-6-11-15(21)14(16(22)23)10-7-9-13-20(3,4)18(26)27/h14H,5-13H2,1-4H3,(H,22,23)(H,24,25)(H,26,27). The van der Waals surface area contributed by atoms with Crippen molar-refractivity contribution in [2.45, 2.75) is 85.5 Å². The smallest absolute Gasteiger partial charge is 0.314 e. The van der Waals surface area contributed by atoms with Crippen LogP contribution in [0.25, 0.3) is 0 Å². The predicted molar refractivity (Wildman–Crippen MR) is 101 cm³/mol. The number of carboxylic acids is 3. The van der Waals surface area contributed by atoms with Crippen LogP contribution >= 0.6 is 0 Å². The Morgan fingerprint density at radius 2 is 1.15 bits per heavy atom. The van der Waals surface area contributed by atoms with Gasteiger partial charge in [-0.05, 0) is 53.4 Å². The van der Waals surface area contributed by atoms with Crippen LogP contribution in [0.4, 0.5) is 0 Å². The molecule has 1 unspecified atom stereocenters. The lowest BCUT2D eigenvalue weighted by atomic mass is 9.85. The van der Waals surface area contributed by atoms with E-state index in [1.165, 1.54) is 0 Å². The van der Waals surface area contributed by atoms with Crippen molar-refractivity contribution in [2.24, 2.45) is 16.7 Å². The number of carbonyl (C=O) groups is 4. The van der Waals surface area contributed by atoms with E-state index in [0.29, 0.717) is 44.9 Å². The molecule has 0 bridgehead atoms. The number of ketones is 1. The van der Waals surface area contributed by atoms with Crippen LogP contribution < -0.4 is 0 Å². The first-order valence-electron chi connectivity index (χ1n) is 9.53. The lowest BCUT2D eigenvalue weighted by Gasteiger charge is -2.19. The van der Waals surface area contributed by atoms with Gasteiger partial charge in [-0.1, -0.05) is 25.7 Å². The molecule has 0 aromatic heterocycles. The minimum atomic E-state index is -1.13. The maximum absolute atomic E-state index is 12.2. The number of hydrogen-bond donors (Lipinski definition) is 3. The Morgan fingerprint density at radius 1 is 0.704 bits per heavy atom. The summed E-state index contributed by atoms with van der Waals surface area (Å²) in [5.74, 6) is -4.23. The highest BCUT2D eigenvalue weighted by atomic mass is 16.4. The van der Waals surface area contributed by atoms with Crippen molar-refractivity contribution in [3.05, 3.63) is 0 Å². The maximum atomic E-state index is 12.2. The molecular weight excluding hydrogens is 352 g/mol. The Bertz CT molecular complexity index is 534. The third-order valence-electron chi connectivity index (χ3n) is 5.11. The van der Waals surface area contributed by atoms with Gasteiger partial charge in [-0.3, -0.25) is 19.2 Å². The average Bonchev–Trinajstić information content (AvgIpc) is 2.53. The van der Waals surface area contributed by atoms with Crippen molar-refractivity contribution in [2.75, 3.05) is 0 Å². The monoisotopic (exact) mass is 386 g/mol. The van der Waals surface area contributed by atoms with Crippen molar-refractivity contribution < 1.29 is 34.5 Å². The number of hydrogen-bond acceptors (Lipinski definition) is 4.